The lowest BCUT2D eigenvalue weighted by molar-refractivity contribution is 1.26. The Hall–Kier alpha value is -3.12. The summed E-state index contributed by atoms with van der Waals surface area (Å²) in [6.07, 6.45) is 2.99. The molecule has 0 fully saturated rings. The minimum atomic E-state index is 1.10. The first-order chi connectivity index (χ1) is 12.4. The van der Waals surface area contributed by atoms with Crippen LogP contribution in [0.1, 0.15) is 16.7 Å². The van der Waals surface area contributed by atoms with Crippen LogP contribution in [-0.2, 0) is 6.42 Å². The van der Waals surface area contributed by atoms with Crippen molar-refractivity contribution in [1.82, 2.24) is 0 Å². The van der Waals surface area contributed by atoms with Crippen LogP contribution in [0.2, 0.25) is 0 Å². The molecule has 0 nitrogen and oxygen atoms in total. The third-order valence-electron chi connectivity index (χ3n) is 4.75. The van der Waals surface area contributed by atoms with Crippen LogP contribution >= 0.6 is 0 Å². The van der Waals surface area contributed by atoms with Crippen LogP contribution < -0.4 is 0 Å². The highest BCUT2D eigenvalue weighted by Gasteiger charge is 2.15. The highest BCUT2D eigenvalue weighted by molar-refractivity contribution is 5.90. The lowest BCUT2D eigenvalue weighted by atomic mass is 10.1. The summed E-state index contributed by atoms with van der Waals surface area (Å²) in [5, 5.41) is 2.55. The van der Waals surface area contributed by atoms with Gasteiger partial charge in [-0.05, 0) is 45.0 Å². The van der Waals surface area contributed by atoms with Crippen LogP contribution in [0.25, 0.3) is 28.0 Å². The molecule has 4 aromatic rings. The quantitative estimate of drug-likeness (QED) is 0.321. The largest absolute Gasteiger partial charge is 0.0984 e. The van der Waals surface area contributed by atoms with Gasteiger partial charge in [0.25, 0.3) is 0 Å². The molecule has 0 unspecified atom stereocenters. The molecule has 0 bridgehead atoms. The maximum atomic E-state index is 3.78. The van der Waals surface area contributed by atoms with Gasteiger partial charge < -0.3 is 0 Å². The van der Waals surface area contributed by atoms with Crippen molar-refractivity contribution in [1.29, 1.82) is 0 Å². The Morgan fingerprint density at radius 3 is 1.84 bits per heavy atom. The number of hydrogen-bond donors (Lipinski definition) is 0. The molecular formula is C25H20. The Labute approximate surface area is 149 Å². The monoisotopic (exact) mass is 320 g/mol. The Balaban J connectivity index is 0.000000126. The molecule has 0 radical (unpaired) electrons. The second kappa shape index (κ2) is 6.78. The molecule has 4 aromatic carbocycles. The zero-order chi connectivity index (χ0) is 17.1. The molecule has 0 saturated heterocycles. The van der Waals surface area contributed by atoms with Crippen LogP contribution in [-0.4, -0.2) is 0 Å². The fraction of sp³-hybridized carbons (Fsp3) is 0.0400. The standard InChI is InChI=1S/C13H10.C12H10/c1-3-7-12-10(5-1)9-11-6-2-4-8-13(11)12;1-2-10-7-5-8-11-6-3-4-9-12(10)11/h1-8H,9H2;2-9H,1H2. The van der Waals surface area contributed by atoms with E-state index >= 15 is 0 Å². The molecule has 5 rings (SSSR count). The minimum absolute atomic E-state index is 1.10. The molecule has 0 amide bonds. The SMILES string of the molecule is C=Cc1cccc2ccccc12.c1ccc2c(c1)Cc1ccccc1-2. The Kier molecular flexibility index (Phi) is 4.18. The van der Waals surface area contributed by atoms with Gasteiger partial charge in [0.15, 0.2) is 0 Å². The normalized spacial score (nSPS) is 11.2. The van der Waals surface area contributed by atoms with E-state index in [1.54, 1.807) is 0 Å². The van der Waals surface area contributed by atoms with Gasteiger partial charge in [0.1, 0.15) is 0 Å². The predicted molar refractivity (Wildman–Crippen MR) is 109 cm³/mol. The first-order valence-corrected chi connectivity index (χ1v) is 8.63. The first kappa shape index (κ1) is 15.4. The van der Waals surface area contributed by atoms with Gasteiger partial charge in [-0.3, -0.25) is 0 Å². The Morgan fingerprint density at radius 1 is 0.600 bits per heavy atom. The summed E-state index contributed by atoms with van der Waals surface area (Å²) in [6.45, 7) is 3.78. The molecule has 0 aromatic heterocycles. The van der Waals surface area contributed by atoms with E-state index < -0.39 is 0 Å². The molecular weight excluding hydrogens is 300 g/mol. The van der Waals surface area contributed by atoms with E-state index in [0.717, 1.165) is 6.42 Å². The summed E-state index contributed by atoms with van der Waals surface area (Å²) in [5.41, 5.74) is 6.96. The second-order valence-electron chi connectivity index (χ2n) is 6.26. The first-order valence-electron chi connectivity index (χ1n) is 8.63. The zero-order valence-corrected chi connectivity index (χ0v) is 14.2. The van der Waals surface area contributed by atoms with Gasteiger partial charge in [-0.2, -0.15) is 0 Å². The summed E-state index contributed by atoms with van der Waals surface area (Å²) < 4.78 is 0. The van der Waals surface area contributed by atoms with Gasteiger partial charge >= 0.3 is 0 Å². The third-order valence-corrected chi connectivity index (χ3v) is 4.75. The van der Waals surface area contributed by atoms with Crippen molar-refractivity contribution >= 4 is 16.8 Å². The number of hydrogen-bond acceptors (Lipinski definition) is 0. The van der Waals surface area contributed by atoms with Gasteiger partial charge in [-0.25, -0.2) is 0 Å². The molecule has 25 heavy (non-hydrogen) atoms. The van der Waals surface area contributed by atoms with Crippen molar-refractivity contribution in [3.05, 3.63) is 114 Å². The molecule has 120 valence electrons. The molecule has 0 saturated carbocycles. The summed E-state index contributed by atoms with van der Waals surface area (Å²) in [5.74, 6) is 0. The lowest BCUT2D eigenvalue weighted by Gasteiger charge is -1.99. The lowest BCUT2D eigenvalue weighted by Crippen LogP contribution is -1.77. The van der Waals surface area contributed by atoms with Crippen LogP contribution in [0.5, 0.6) is 0 Å². The fourth-order valence-corrected chi connectivity index (χ4v) is 3.51. The molecule has 0 spiro atoms. The van der Waals surface area contributed by atoms with Crippen LogP contribution in [0.15, 0.2) is 97.6 Å². The second-order valence-corrected chi connectivity index (χ2v) is 6.26. The maximum Gasteiger partial charge on any atom is -0.00135 e. The zero-order valence-electron chi connectivity index (χ0n) is 14.2. The summed E-state index contributed by atoms with van der Waals surface area (Å²) in [6, 6.07) is 31.9. The van der Waals surface area contributed by atoms with E-state index in [1.165, 1.54) is 38.6 Å². The van der Waals surface area contributed by atoms with E-state index in [2.05, 4.69) is 97.6 Å². The average molecular weight is 320 g/mol. The smallest absolute Gasteiger partial charge is 0.00135 e. The maximum absolute atomic E-state index is 3.78. The number of rotatable bonds is 1. The van der Waals surface area contributed by atoms with E-state index in [4.69, 9.17) is 0 Å². The number of benzene rings is 4. The highest BCUT2D eigenvalue weighted by atomic mass is 14.2. The molecule has 0 heteroatoms. The van der Waals surface area contributed by atoms with E-state index in [-0.39, 0.29) is 0 Å². The fourth-order valence-electron chi connectivity index (χ4n) is 3.51. The highest BCUT2D eigenvalue weighted by Crippen LogP contribution is 2.35. The van der Waals surface area contributed by atoms with Crippen molar-refractivity contribution in [2.24, 2.45) is 0 Å². The van der Waals surface area contributed by atoms with E-state index in [1.807, 2.05) is 6.08 Å². The van der Waals surface area contributed by atoms with Gasteiger partial charge in [0.2, 0.25) is 0 Å². The van der Waals surface area contributed by atoms with Crippen LogP contribution in [0, 0.1) is 0 Å². The van der Waals surface area contributed by atoms with E-state index in [0.29, 0.717) is 0 Å². The van der Waals surface area contributed by atoms with E-state index in [9.17, 15) is 0 Å². The Morgan fingerprint density at radius 2 is 1.16 bits per heavy atom. The molecule has 1 aliphatic rings. The molecule has 0 heterocycles. The van der Waals surface area contributed by atoms with Gasteiger partial charge in [-0.1, -0.05) is 104 Å². The third kappa shape index (κ3) is 2.99. The van der Waals surface area contributed by atoms with Crippen molar-refractivity contribution in [3.8, 4) is 11.1 Å². The number of fused-ring (bicyclic) bond motifs is 4. The summed E-state index contributed by atoms with van der Waals surface area (Å²) in [4.78, 5) is 0. The van der Waals surface area contributed by atoms with Gasteiger partial charge in [0.05, 0.1) is 0 Å². The average Bonchev–Trinajstić information content (AvgIpc) is 3.07. The van der Waals surface area contributed by atoms with Crippen LogP contribution in [0.4, 0.5) is 0 Å². The minimum Gasteiger partial charge on any atom is -0.0984 e. The van der Waals surface area contributed by atoms with Gasteiger partial charge in [0, 0.05) is 0 Å². The van der Waals surface area contributed by atoms with Crippen molar-refractivity contribution in [3.63, 3.8) is 0 Å². The molecule has 0 aliphatic heterocycles. The van der Waals surface area contributed by atoms with Crippen molar-refractivity contribution < 1.29 is 0 Å². The van der Waals surface area contributed by atoms with Gasteiger partial charge in [-0.15, -0.1) is 0 Å². The Bertz CT molecular complexity index is 992. The molecule has 0 atom stereocenters. The molecule has 1 aliphatic carbocycles. The van der Waals surface area contributed by atoms with Crippen molar-refractivity contribution in [2.75, 3.05) is 0 Å². The summed E-state index contributed by atoms with van der Waals surface area (Å²) in [7, 11) is 0. The predicted octanol–water partition coefficient (Wildman–Crippen LogP) is 6.74. The van der Waals surface area contributed by atoms with Crippen LogP contribution in [0.3, 0.4) is 0 Å². The van der Waals surface area contributed by atoms with Crippen molar-refractivity contribution in [2.45, 2.75) is 6.42 Å². The topological polar surface area (TPSA) is 0 Å². The summed E-state index contributed by atoms with van der Waals surface area (Å²) >= 11 is 0. The molecule has 0 N–H and O–H groups in total.